The van der Waals surface area contributed by atoms with Gasteiger partial charge in [-0.15, -0.1) is 0 Å². The monoisotopic (exact) mass is 267 g/mol. The van der Waals surface area contributed by atoms with Crippen molar-refractivity contribution in [2.75, 3.05) is 32.7 Å². The van der Waals surface area contributed by atoms with E-state index in [1.807, 2.05) is 30.6 Å². The van der Waals surface area contributed by atoms with Gasteiger partial charge < -0.3 is 15.1 Å². The molecule has 19 heavy (non-hydrogen) atoms. The highest BCUT2D eigenvalue weighted by Crippen LogP contribution is 2.31. The molecule has 1 aliphatic carbocycles. The van der Waals surface area contributed by atoms with Crippen molar-refractivity contribution in [1.29, 1.82) is 0 Å². The van der Waals surface area contributed by atoms with Gasteiger partial charge in [0.15, 0.2) is 0 Å². The molecule has 1 heterocycles. The molecule has 0 aromatic rings. The Hall–Kier alpha value is -1.10. The molecule has 2 rings (SSSR count). The quantitative estimate of drug-likeness (QED) is 0.805. The van der Waals surface area contributed by atoms with Crippen molar-refractivity contribution in [3.8, 4) is 0 Å². The SMILES string of the molecule is CCNC(C)(C)C(=O)N1CCN(C(=O)C2CC2)CC1. The normalized spacial score (nSPS) is 20.6. The lowest BCUT2D eigenvalue weighted by Crippen LogP contribution is -2.59. The first-order valence-electron chi connectivity index (χ1n) is 7.29. The third-order valence-electron chi connectivity index (χ3n) is 3.96. The lowest BCUT2D eigenvalue weighted by molar-refractivity contribution is -0.143. The van der Waals surface area contributed by atoms with Crippen molar-refractivity contribution in [3.63, 3.8) is 0 Å². The predicted molar refractivity (Wildman–Crippen MR) is 73.6 cm³/mol. The van der Waals surface area contributed by atoms with Crippen LogP contribution < -0.4 is 5.32 Å². The Labute approximate surface area is 115 Å². The van der Waals surface area contributed by atoms with E-state index in [9.17, 15) is 9.59 Å². The molecule has 2 aliphatic rings. The average molecular weight is 267 g/mol. The van der Waals surface area contributed by atoms with Crippen LogP contribution in [0.2, 0.25) is 0 Å². The fourth-order valence-corrected chi connectivity index (χ4v) is 2.63. The Morgan fingerprint density at radius 1 is 1.11 bits per heavy atom. The van der Waals surface area contributed by atoms with Crippen LogP contribution in [-0.4, -0.2) is 59.9 Å². The molecule has 0 unspecified atom stereocenters. The van der Waals surface area contributed by atoms with Gasteiger partial charge in [-0.1, -0.05) is 6.92 Å². The molecule has 0 aromatic carbocycles. The molecule has 108 valence electrons. The molecule has 0 atom stereocenters. The summed E-state index contributed by atoms with van der Waals surface area (Å²) in [4.78, 5) is 28.1. The smallest absolute Gasteiger partial charge is 0.242 e. The zero-order chi connectivity index (χ0) is 14.0. The molecule has 2 fully saturated rings. The summed E-state index contributed by atoms with van der Waals surface area (Å²) < 4.78 is 0. The number of carbonyl (C=O) groups excluding carboxylic acids is 2. The lowest BCUT2D eigenvalue weighted by atomic mass is 10.0. The van der Waals surface area contributed by atoms with Gasteiger partial charge in [-0.3, -0.25) is 9.59 Å². The standard InChI is InChI=1S/C14H25N3O2/c1-4-15-14(2,3)13(19)17-9-7-16(8-10-17)12(18)11-5-6-11/h11,15H,4-10H2,1-3H3. The van der Waals surface area contributed by atoms with Gasteiger partial charge in [0.1, 0.15) is 0 Å². The van der Waals surface area contributed by atoms with E-state index in [-0.39, 0.29) is 17.7 Å². The van der Waals surface area contributed by atoms with Gasteiger partial charge in [0.25, 0.3) is 0 Å². The fraction of sp³-hybridized carbons (Fsp3) is 0.857. The largest absolute Gasteiger partial charge is 0.339 e. The third-order valence-corrected chi connectivity index (χ3v) is 3.96. The number of nitrogens with zero attached hydrogens (tertiary/aromatic N) is 2. The minimum absolute atomic E-state index is 0.132. The average Bonchev–Trinajstić information content (AvgIpc) is 3.21. The van der Waals surface area contributed by atoms with E-state index < -0.39 is 5.54 Å². The molecule has 1 saturated heterocycles. The molecule has 2 amide bonds. The van der Waals surface area contributed by atoms with Gasteiger partial charge in [-0.2, -0.15) is 0 Å². The van der Waals surface area contributed by atoms with Crippen LogP contribution in [0, 0.1) is 5.92 Å². The second-order valence-corrected chi connectivity index (χ2v) is 6.05. The molecule has 0 radical (unpaired) electrons. The van der Waals surface area contributed by atoms with Crippen LogP contribution in [0.4, 0.5) is 0 Å². The summed E-state index contributed by atoms with van der Waals surface area (Å²) in [6, 6.07) is 0. The summed E-state index contributed by atoms with van der Waals surface area (Å²) in [5.41, 5.74) is -0.516. The topological polar surface area (TPSA) is 52.7 Å². The minimum atomic E-state index is -0.516. The number of hydrogen-bond acceptors (Lipinski definition) is 3. The molecule has 5 nitrogen and oxygen atoms in total. The van der Waals surface area contributed by atoms with E-state index in [1.165, 1.54) is 0 Å². The van der Waals surface area contributed by atoms with E-state index >= 15 is 0 Å². The van der Waals surface area contributed by atoms with Gasteiger partial charge in [-0.05, 0) is 33.2 Å². The highest BCUT2D eigenvalue weighted by atomic mass is 16.2. The second kappa shape index (κ2) is 5.49. The lowest BCUT2D eigenvalue weighted by Gasteiger charge is -2.39. The van der Waals surface area contributed by atoms with Crippen molar-refractivity contribution in [2.24, 2.45) is 5.92 Å². The summed E-state index contributed by atoms with van der Waals surface area (Å²) in [7, 11) is 0. The van der Waals surface area contributed by atoms with Gasteiger partial charge in [0, 0.05) is 32.1 Å². The molecule has 0 bridgehead atoms. The minimum Gasteiger partial charge on any atom is -0.339 e. The van der Waals surface area contributed by atoms with Crippen LogP contribution in [0.3, 0.4) is 0 Å². The Kier molecular flexibility index (Phi) is 4.13. The highest BCUT2D eigenvalue weighted by molar-refractivity contribution is 5.86. The molecular formula is C14H25N3O2. The number of piperazine rings is 1. The summed E-state index contributed by atoms with van der Waals surface area (Å²) in [5, 5.41) is 3.21. The van der Waals surface area contributed by atoms with Gasteiger partial charge in [0.2, 0.25) is 11.8 Å². The van der Waals surface area contributed by atoms with E-state index in [1.54, 1.807) is 0 Å². The molecule has 1 saturated carbocycles. The van der Waals surface area contributed by atoms with Crippen LogP contribution in [0.25, 0.3) is 0 Å². The zero-order valence-corrected chi connectivity index (χ0v) is 12.2. The summed E-state index contributed by atoms with van der Waals surface area (Å²) >= 11 is 0. The maximum atomic E-state index is 12.4. The molecule has 5 heteroatoms. The number of amides is 2. The number of hydrogen-bond donors (Lipinski definition) is 1. The Bertz CT molecular complexity index is 356. The Morgan fingerprint density at radius 3 is 2.11 bits per heavy atom. The van der Waals surface area contributed by atoms with Gasteiger partial charge in [0.05, 0.1) is 5.54 Å². The first kappa shape index (κ1) is 14.3. The first-order chi connectivity index (χ1) is 8.95. The summed E-state index contributed by atoms with van der Waals surface area (Å²) in [6.07, 6.45) is 2.09. The number of nitrogens with one attached hydrogen (secondary N) is 1. The number of carbonyl (C=O) groups is 2. The Morgan fingerprint density at radius 2 is 1.63 bits per heavy atom. The first-order valence-corrected chi connectivity index (χ1v) is 7.29. The third kappa shape index (κ3) is 3.26. The van der Waals surface area contributed by atoms with E-state index in [4.69, 9.17) is 0 Å². The number of likely N-dealkylation sites (N-methyl/N-ethyl adjacent to an activating group) is 1. The maximum absolute atomic E-state index is 12.4. The van der Waals surface area contributed by atoms with Crippen LogP contribution in [0.1, 0.15) is 33.6 Å². The van der Waals surface area contributed by atoms with E-state index in [2.05, 4.69) is 5.32 Å². The highest BCUT2D eigenvalue weighted by Gasteiger charge is 2.37. The van der Waals surface area contributed by atoms with Crippen molar-refractivity contribution in [2.45, 2.75) is 39.2 Å². The summed E-state index contributed by atoms with van der Waals surface area (Å²) in [5.74, 6) is 0.700. The van der Waals surface area contributed by atoms with Gasteiger partial charge >= 0.3 is 0 Å². The Balaban J connectivity index is 1.85. The second-order valence-electron chi connectivity index (χ2n) is 6.05. The predicted octanol–water partition coefficient (Wildman–Crippen LogP) is 0.455. The van der Waals surface area contributed by atoms with Crippen LogP contribution in [0.15, 0.2) is 0 Å². The summed E-state index contributed by atoms with van der Waals surface area (Å²) in [6.45, 7) is 9.30. The molecular weight excluding hydrogens is 242 g/mol. The van der Waals surface area contributed by atoms with Crippen molar-refractivity contribution in [1.82, 2.24) is 15.1 Å². The zero-order valence-electron chi connectivity index (χ0n) is 12.2. The number of rotatable bonds is 4. The van der Waals surface area contributed by atoms with E-state index in [0.717, 1.165) is 19.4 Å². The fourth-order valence-electron chi connectivity index (χ4n) is 2.63. The molecule has 0 aromatic heterocycles. The van der Waals surface area contributed by atoms with Crippen LogP contribution in [-0.2, 0) is 9.59 Å². The van der Waals surface area contributed by atoms with Gasteiger partial charge in [-0.25, -0.2) is 0 Å². The van der Waals surface area contributed by atoms with Crippen LogP contribution in [0.5, 0.6) is 0 Å². The molecule has 1 aliphatic heterocycles. The van der Waals surface area contributed by atoms with E-state index in [0.29, 0.717) is 26.2 Å². The van der Waals surface area contributed by atoms with Crippen LogP contribution >= 0.6 is 0 Å². The van der Waals surface area contributed by atoms with Crippen molar-refractivity contribution < 1.29 is 9.59 Å². The maximum Gasteiger partial charge on any atom is 0.242 e. The molecule has 0 spiro atoms. The van der Waals surface area contributed by atoms with Crippen molar-refractivity contribution >= 4 is 11.8 Å². The molecule has 1 N–H and O–H groups in total. The van der Waals surface area contributed by atoms with Crippen molar-refractivity contribution in [3.05, 3.63) is 0 Å².